The molecular formula is C18H22N2O4. The van der Waals surface area contributed by atoms with E-state index in [-0.39, 0.29) is 0 Å². The number of carbonyl (C=O) groups excluding carboxylic acids is 2. The Kier molecular flexibility index (Phi) is 5.36. The number of allylic oxidation sites excluding steroid dienone is 1. The van der Waals surface area contributed by atoms with Gasteiger partial charge in [-0.15, -0.1) is 0 Å². The molecule has 24 heavy (non-hydrogen) atoms. The molecule has 128 valence electrons. The standard InChI is InChI=1S/C18H22N2O4/c21-17(19-9-8-13-4-2-1-3-5-13)18(22)20-14-6-7-15-16(12-14)24-11-10-23-15/h4,6-7,12H,1-3,5,8-11H2,(H,19,21)(H,20,22). The minimum Gasteiger partial charge on any atom is -0.486 e. The predicted molar refractivity (Wildman–Crippen MR) is 90.2 cm³/mol. The highest BCUT2D eigenvalue weighted by atomic mass is 16.6. The number of anilines is 1. The van der Waals surface area contributed by atoms with Crippen molar-refractivity contribution in [2.75, 3.05) is 25.1 Å². The van der Waals surface area contributed by atoms with Crippen LogP contribution in [0.15, 0.2) is 29.8 Å². The lowest BCUT2D eigenvalue weighted by Crippen LogP contribution is -2.36. The molecule has 1 aliphatic carbocycles. The number of amides is 2. The third-order valence-corrected chi connectivity index (χ3v) is 4.12. The lowest BCUT2D eigenvalue weighted by Gasteiger charge is -2.19. The van der Waals surface area contributed by atoms with E-state index in [1.807, 2.05) is 0 Å². The van der Waals surface area contributed by atoms with E-state index in [0.29, 0.717) is 36.9 Å². The van der Waals surface area contributed by atoms with Gasteiger partial charge in [-0.1, -0.05) is 11.6 Å². The highest BCUT2D eigenvalue weighted by molar-refractivity contribution is 6.39. The van der Waals surface area contributed by atoms with Crippen LogP contribution < -0.4 is 20.1 Å². The molecule has 0 saturated carbocycles. The topological polar surface area (TPSA) is 76.7 Å². The predicted octanol–water partition coefficient (Wildman–Crippen LogP) is 2.40. The van der Waals surface area contributed by atoms with Crippen molar-refractivity contribution in [3.63, 3.8) is 0 Å². The van der Waals surface area contributed by atoms with E-state index in [9.17, 15) is 9.59 Å². The Bertz CT molecular complexity index is 654. The highest BCUT2D eigenvalue weighted by Crippen LogP contribution is 2.32. The van der Waals surface area contributed by atoms with Crippen LogP contribution in [-0.2, 0) is 9.59 Å². The minimum atomic E-state index is -0.677. The number of hydrogen-bond acceptors (Lipinski definition) is 4. The molecule has 0 radical (unpaired) electrons. The van der Waals surface area contributed by atoms with Crippen molar-refractivity contribution >= 4 is 17.5 Å². The molecule has 1 heterocycles. The van der Waals surface area contributed by atoms with E-state index in [1.54, 1.807) is 18.2 Å². The van der Waals surface area contributed by atoms with Gasteiger partial charge in [0.15, 0.2) is 11.5 Å². The van der Waals surface area contributed by atoms with Crippen LogP contribution in [0.4, 0.5) is 5.69 Å². The van der Waals surface area contributed by atoms with Crippen LogP contribution in [0, 0.1) is 0 Å². The first-order chi connectivity index (χ1) is 11.7. The van der Waals surface area contributed by atoms with Crippen molar-refractivity contribution in [1.82, 2.24) is 5.32 Å². The quantitative estimate of drug-likeness (QED) is 0.656. The first kappa shape index (κ1) is 16.4. The Labute approximate surface area is 141 Å². The molecule has 1 aliphatic heterocycles. The van der Waals surface area contributed by atoms with Crippen LogP contribution in [0.5, 0.6) is 11.5 Å². The van der Waals surface area contributed by atoms with Crippen LogP contribution in [0.3, 0.4) is 0 Å². The number of rotatable bonds is 4. The summed E-state index contributed by atoms with van der Waals surface area (Å²) in [6.07, 6.45) is 7.72. The van der Waals surface area contributed by atoms with E-state index in [2.05, 4.69) is 16.7 Å². The molecular weight excluding hydrogens is 308 g/mol. The molecule has 2 amide bonds. The Morgan fingerprint density at radius 1 is 1.04 bits per heavy atom. The summed E-state index contributed by atoms with van der Waals surface area (Å²) < 4.78 is 10.9. The summed E-state index contributed by atoms with van der Waals surface area (Å²) in [5.74, 6) is -0.0845. The second-order valence-electron chi connectivity index (χ2n) is 5.93. The Morgan fingerprint density at radius 3 is 2.67 bits per heavy atom. The molecule has 3 rings (SSSR count). The summed E-state index contributed by atoms with van der Waals surface area (Å²) in [6, 6.07) is 5.07. The van der Waals surface area contributed by atoms with Gasteiger partial charge >= 0.3 is 11.8 Å². The van der Waals surface area contributed by atoms with E-state index in [1.165, 1.54) is 18.4 Å². The lowest BCUT2D eigenvalue weighted by molar-refractivity contribution is -0.136. The molecule has 0 spiro atoms. The monoisotopic (exact) mass is 330 g/mol. The number of nitrogens with one attached hydrogen (secondary N) is 2. The van der Waals surface area contributed by atoms with Gasteiger partial charge in [-0.05, 0) is 44.2 Å². The first-order valence-corrected chi connectivity index (χ1v) is 8.39. The third kappa shape index (κ3) is 4.28. The second kappa shape index (κ2) is 7.86. The normalized spacial score (nSPS) is 16.1. The molecule has 0 bridgehead atoms. The molecule has 6 heteroatoms. The zero-order chi connectivity index (χ0) is 16.8. The highest BCUT2D eigenvalue weighted by Gasteiger charge is 2.16. The van der Waals surface area contributed by atoms with Crippen molar-refractivity contribution in [3.8, 4) is 11.5 Å². The molecule has 0 fully saturated rings. The number of carbonyl (C=O) groups is 2. The molecule has 1 aromatic carbocycles. The fraction of sp³-hybridized carbons (Fsp3) is 0.444. The van der Waals surface area contributed by atoms with Gasteiger partial charge in [0.1, 0.15) is 13.2 Å². The van der Waals surface area contributed by atoms with Gasteiger partial charge in [-0.2, -0.15) is 0 Å². The number of ether oxygens (including phenoxy) is 2. The zero-order valence-corrected chi connectivity index (χ0v) is 13.6. The zero-order valence-electron chi connectivity index (χ0n) is 13.6. The minimum absolute atomic E-state index is 0.473. The first-order valence-electron chi connectivity index (χ1n) is 8.39. The average Bonchev–Trinajstić information content (AvgIpc) is 2.62. The van der Waals surface area contributed by atoms with Crippen molar-refractivity contribution in [3.05, 3.63) is 29.8 Å². The summed E-state index contributed by atoms with van der Waals surface area (Å²) >= 11 is 0. The van der Waals surface area contributed by atoms with Crippen molar-refractivity contribution in [2.24, 2.45) is 0 Å². The molecule has 0 atom stereocenters. The van der Waals surface area contributed by atoms with Crippen molar-refractivity contribution in [2.45, 2.75) is 32.1 Å². The summed E-state index contributed by atoms with van der Waals surface area (Å²) in [4.78, 5) is 23.8. The summed E-state index contributed by atoms with van der Waals surface area (Å²) in [7, 11) is 0. The number of hydrogen-bond donors (Lipinski definition) is 2. The molecule has 2 aliphatic rings. The van der Waals surface area contributed by atoms with Crippen molar-refractivity contribution in [1.29, 1.82) is 0 Å². The Balaban J connectivity index is 1.47. The molecule has 0 unspecified atom stereocenters. The average molecular weight is 330 g/mol. The van der Waals surface area contributed by atoms with Gasteiger partial charge in [0, 0.05) is 18.3 Å². The molecule has 1 aromatic rings. The third-order valence-electron chi connectivity index (χ3n) is 4.12. The molecule has 6 nitrogen and oxygen atoms in total. The van der Waals surface area contributed by atoms with Gasteiger partial charge in [-0.25, -0.2) is 0 Å². The molecule has 2 N–H and O–H groups in total. The largest absolute Gasteiger partial charge is 0.486 e. The van der Waals surface area contributed by atoms with Gasteiger partial charge in [0.05, 0.1) is 0 Å². The van der Waals surface area contributed by atoms with Gasteiger partial charge in [0.25, 0.3) is 0 Å². The Morgan fingerprint density at radius 2 is 1.88 bits per heavy atom. The van der Waals surface area contributed by atoms with E-state index in [0.717, 1.165) is 19.3 Å². The van der Waals surface area contributed by atoms with E-state index < -0.39 is 11.8 Å². The number of benzene rings is 1. The summed E-state index contributed by atoms with van der Waals surface area (Å²) in [6.45, 7) is 1.47. The summed E-state index contributed by atoms with van der Waals surface area (Å²) in [5, 5.41) is 5.24. The van der Waals surface area contributed by atoms with Crippen molar-refractivity contribution < 1.29 is 19.1 Å². The van der Waals surface area contributed by atoms with Crippen LogP contribution in [0.2, 0.25) is 0 Å². The van der Waals surface area contributed by atoms with Crippen LogP contribution >= 0.6 is 0 Å². The van der Waals surface area contributed by atoms with Gasteiger partial charge < -0.3 is 20.1 Å². The molecule has 0 saturated heterocycles. The van der Waals surface area contributed by atoms with Crippen LogP contribution in [0.1, 0.15) is 32.1 Å². The lowest BCUT2D eigenvalue weighted by atomic mass is 9.97. The summed E-state index contributed by atoms with van der Waals surface area (Å²) in [5.41, 5.74) is 1.88. The van der Waals surface area contributed by atoms with E-state index >= 15 is 0 Å². The fourth-order valence-corrected chi connectivity index (χ4v) is 2.86. The van der Waals surface area contributed by atoms with Gasteiger partial charge in [0.2, 0.25) is 0 Å². The maximum absolute atomic E-state index is 12.0. The van der Waals surface area contributed by atoms with Crippen LogP contribution in [0.25, 0.3) is 0 Å². The van der Waals surface area contributed by atoms with Crippen LogP contribution in [-0.4, -0.2) is 31.6 Å². The maximum atomic E-state index is 12.0. The maximum Gasteiger partial charge on any atom is 0.313 e. The molecule has 0 aromatic heterocycles. The second-order valence-corrected chi connectivity index (χ2v) is 5.93. The number of fused-ring (bicyclic) bond motifs is 1. The smallest absolute Gasteiger partial charge is 0.313 e. The van der Waals surface area contributed by atoms with Gasteiger partial charge in [-0.3, -0.25) is 9.59 Å². The Hall–Kier alpha value is -2.50. The fourth-order valence-electron chi connectivity index (χ4n) is 2.86. The SMILES string of the molecule is O=C(NCCC1=CCCCC1)C(=O)Nc1ccc2c(c1)OCCO2. The van der Waals surface area contributed by atoms with E-state index in [4.69, 9.17) is 9.47 Å².